The maximum atomic E-state index is 13.8. The average molecular weight is 540 g/mol. The third kappa shape index (κ3) is 5.01. The van der Waals surface area contributed by atoms with Gasteiger partial charge in [-0.2, -0.15) is 9.97 Å². The number of rotatable bonds is 6. The van der Waals surface area contributed by atoms with E-state index < -0.39 is 9.84 Å². The molecular weight excluding hydrogens is 510 g/mol. The summed E-state index contributed by atoms with van der Waals surface area (Å²) in [5.41, 5.74) is 2.56. The van der Waals surface area contributed by atoms with Crippen LogP contribution in [0.5, 0.6) is 0 Å². The standard InChI is InChI=1S/C26H29N7O2S.ClH/c34-36(35,20-8-2-1-3-9-20)25-23-21(18-6-4-5-7-18)17-29-24(23)31-26(32-25)30-22-11-10-19(16-28-22)33-14-12-27-13-15-33;/h1-3,8-11,16-18,27H,4-7,12-15H2,(H2,28,29,30,31,32);1H. The zero-order valence-electron chi connectivity index (χ0n) is 20.4. The predicted octanol–water partition coefficient (Wildman–Crippen LogP) is 4.42. The van der Waals surface area contributed by atoms with E-state index in [2.05, 4.69) is 35.5 Å². The van der Waals surface area contributed by atoms with Crippen LogP contribution in [0.15, 0.2) is 64.8 Å². The molecule has 4 aromatic rings. The number of benzene rings is 1. The summed E-state index contributed by atoms with van der Waals surface area (Å²) in [5, 5.41) is 7.09. The third-order valence-corrected chi connectivity index (χ3v) is 8.80. The van der Waals surface area contributed by atoms with Crippen LogP contribution < -0.4 is 15.5 Å². The number of pyridine rings is 1. The van der Waals surface area contributed by atoms with Crippen molar-refractivity contribution in [1.82, 2.24) is 25.3 Å². The van der Waals surface area contributed by atoms with E-state index >= 15 is 0 Å². The molecule has 1 aromatic carbocycles. The Balaban J connectivity index is 0.00000280. The molecule has 11 heteroatoms. The van der Waals surface area contributed by atoms with Crippen molar-refractivity contribution < 1.29 is 8.42 Å². The largest absolute Gasteiger partial charge is 0.368 e. The second-order valence-corrected chi connectivity index (χ2v) is 11.2. The number of hydrogen-bond donors (Lipinski definition) is 3. The van der Waals surface area contributed by atoms with E-state index in [0.29, 0.717) is 22.8 Å². The summed E-state index contributed by atoms with van der Waals surface area (Å²) in [5.74, 6) is 1.06. The molecule has 0 radical (unpaired) electrons. The van der Waals surface area contributed by atoms with Crippen molar-refractivity contribution in [3.8, 4) is 0 Å². The van der Waals surface area contributed by atoms with E-state index in [4.69, 9.17) is 0 Å². The van der Waals surface area contributed by atoms with Gasteiger partial charge < -0.3 is 20.5 Å². The van der Waals surface area contributed by atoms with Crippen LogP contribution in [0.4, 0.5) is 17.5 Å². The van der Waals surface area contributed by atoms with Crippen LogP contribution in [0, 0.1) is 0 Å². The summed E-state index contributed by atoms with van der Waals surface area (Å²) in [4.78, 5) is 19.5. The molecule has 1 aliphatic heterocycles. The van der Waals surface area contributed by atoms with Gasteiger partial charge in [0.2, 0.25) is 15.8 Å². The highest BCUT2D eigenvalue weighted by Gasteiger charge is 2.29. The molecule has 3 N–H and O–H groups in total. The molecule has 1 saturated heterocycles. The predicted molar refractivity (Wildman–Crippen MR) is 147 cm³/mol. The van der Waals surface area contributed by atoms with Gasteiger partial charge in [-0.25, -0.2) is 13.4 Å². The number of piperazine rings is 1. The Kier molecular flexibility index (Phi) is 7.32. The lowest BCUT2D eigenvalue weighted by atomic mass is 9.98. The Morgan fingerprint density at radius 3 is 2.43 bits per heavy atom. The van der Waals surface area contributed by atoms with Gasteiger partial charge in [0.1, 0.15) is 11.5 Å². The summed E-state index contributed by atoms with van der Waals surface area (Å²) in [6.45, 7) is 3.77. The molecule has 0 unspecified atom stereocenters. The van der Waals surface area contributed by atoms with Crippen LogP contribution in [0.25, 0.3) is 11.0 Å². The Hall–Kier alpha value is -3.21. The number of aromatic amines is 1. The number of sulfone groups is 1. The summed E-state index contributed by atoms with van der Waals surface area (Å²) >= 11 is 0. The Bertz CT molecular complexity index is 1460. The van der Waals surface area contributed by atoms with Crippen molar-refractivity contribution in [3.63, 3.8) is 0 Å². The van der Waals surface area contributed by atoms with Crippen molar-refractivity contribution in [2.45, 2.75) is 41.5 Å². The van der Waals surface area contributed by atoms with E-state index in [9.17, 15) is 8.42 Å². The summed E-state index contributed by atoms with van der Waals surface area (Å²) in [6, 6.07) is 12.3. The summed E-state index contributed by atoms with van der Waals surface area (Å²) in [6.07, 6.45) is 8.11. The Labute approximate surface area is 222 Å². The van der Waals surface area contributed by atoms with Gasteiger partial charge in [0.15, 0.2) is 5.03 Å². The molecule has 0 spiro atoms. The highest BCUT2D eigenvalue weighted by molar-refractivity contribution is 7.91. The molecule has 0 atom stereocenters. The van der Waals surface area contributed by atoms with E-state index in [1.165, 1.54) is 0 Å². The lowest BCUT2D eigenvalue weighted by Crippen LogP contribution is -2.43. The topological polar surface area (TPSA) is 116 Å². The molecule has 1 aliphatic carbocycles. The number of halogens is 1. The molecule has 0 amide bonds. The zero-order valence-corrected chi connectivity index (χ0v) is 22.0. The van der Waals surface area contributed by atoms with Gasteiger partial charge in [-0.05, 0) is 48.6 Å². The first kappa shape index (κ1) is 25.4. The number of H-pyrrole nitrogens is 1. The lowest BCUT2D eigenvalue weighted by molar-refractivity contribution is 0.589. The maximum absolute atomic E-state index is 13.8. The first-order chi connectivity index (χ1) is 17.6. The first-order valence-electron chi connectivity index (χ1n) is 12.5. The fourth-order valence-corrected chi connectivity index (χ4v) is 6.66. The minimum Gasteiger partial charge on any atom is -0.368 e. The van der Waals surface area contributed by atoms with Gasteiger partial charge in [-0.3, -0.25) is 0 Å². The van der Waals surface area contributed by atoms with Gasteiger partial charge in [-0.15, -0.1) is 12.4 Å². The highest BCUT2D eigenvalue weighted by Crippen LogP contribution is 2.40. The van der Waals surface area contributed by atoms with Crippen molar-refractivity contribution in [2.24, 2.45) is 0 Å². The minimum absolute atomic E-state index is 0. The van der Waals surface area contributed by atoms with Gasteiger partial charge >= 0.3 is 0 Å². The number of hydrogen-bond acceptors (Lipinski definition) is 8. The van der Waals surface area contributed by atoms with Crippen molar-refractivity contribution in [3.05, 3.63) is 60.4 Å². The Morgan fingerprint density at radius 2 is 1.73 bits per heavy atom. The zero-order chi connectivity index (χ0) is 24.5. The van der Waals surface area contributed by atoms with Crippen LogP contribution in [0.1, 0.15) is 37.2 Å². The van der Waals surface area contributed by atoms with Crippen LogP contribution in [-0.2, 0) is 9.84 Å². The monoisotopic (exact) mass is 539 g/mol. The van der Waals surface area contributed by atoms with E-state index in [1.807, 2.05) is 24.5 Å². The molecule has 2 aliphatic rings. The van der Waals surface area contributed by atoms with Gasteiger partial charge in [-0.1, -0.05) is 31.0 Å². The number of fused-ring (bicyclic) bond motifs is 1. The van der Waals surface area contributed by atoms with Crippen molar-refractivity contribution in [2.75, 3.05) is 36.4 Å². The van der Waals surface area contributed by atoms with Crippen molar-refractivity contribution in [1.29, 1.82) is 0 Å². The summed E-state index contributed by atoms with van der Waals surface area (Å²) in [7, 11) is -3.87. The van der Waals surface area contributed by atoms with Crippen molar-refractivity contribution >= 4 is 50.7 Å². The minimum atomic E-state index is -3.87. The smallest absolute Gasteiger partial charge is 0.231 e. The van der Waals surface area contributed by atoms with Crippen LogP contribution in [-0.4, -0.2) is 54.5 Å². The molecule has 2 fully saturated rings. The fraction of sp³-hybridized carbons (Fsp3) is 0.346. The quantitative estimate of drug-likeness (QED) is 0.308. The number of anilines is 3. The first-order valence-corrected chi connectivity index (χ1v) is 14.0. The van der Waals surface area contributed by atoms with Gasteiger partial charge in [0.25, 0.3) is 0 Å². The van der Waals surface area contributed by atoms with Crippen LogP contribution in [0.3, 0.4) is 0 Å². The second-order valence-electron chi connectivity index (χ2n) is 9.38. The van der Waals surface area contributed by atoms with Crippen LogP contribution in [0.2, 0.25) is 0 Å². The molecular formula is C26H30ClN7O2S. The van der Waals surface area contributed by atoms with Gasteiger partial charge in [0.05, 0.1) is 22.2 Å². The molecule has 1 saturated carbocycles. The summed E-state index contributed by atoms with van der Waals surface area (Å²) < 4.78 is 27.6. The van der Waals surface area contributed by atoms with Gasteiger partial charge in [0, 0.05) is 32.4 Å². The normalized spacial score (nSPS) is 16.6. The molecule has 37 heavy (non-hydrogen) atoms. The SMILES string of the molecule is Cl.O=S(=O)(c1ccccc1)c1nc(Nc2ccc(N3CCNCC3)cn2)nc2[nH]cc(C3CCCC3)c12. The third-order valence-electron chi connectivity index (χ3n) is 7.10. The fourth-order valence-electron chi connectivity index (χ4n) is 5.23. The average Bonchev–Trinajstić information content (AvgIpc) is 3.60. The molecule has 0 bridgehead atoms. The highest BCUT2D eigenvalue weighted by atomic mass is 35.5. The number of nitrogens with zero attached hydrogens (tertiary/aromatic N) is 4. The van der Waals surface area contributed by atoms with E-state index in [1.54, 1.807) is 30.3 Å². The molecule has 6 rings (SSSR count). The maximum Gasteiger partial charge on any atom is 0.231 e. The van der Waals surface area contributed by atoms with E-state index in [0.717, 1.165) is 63.1 Å². The Morgan fingerprint density at radius 1 is 0.973 bits per heavy atom. The number of nitrogens with one attached hydrogen (secondary N) is 3. The lowest BCUT2D eigenvalue weighted by Gasteiger charge is -2.29. The molecule has 9 nitrogen and oxygen atoms in total. The van der Waals surface area contributed by atoms with E-state index in [-0.39, 0.29) is 28.3 Å². The molecule has 4 heterocycles. The second kappa shape index (κ2) is 10.6. The number of aromatic nitrogens is 4. The molecule has 3 aromatic heterocycles. The van der Waals surface area contributed by atoms with Crippen LogP contribution >= 0.6 is 12.4 Å². The molecule has 194 valence electrons.